The van der Waals surface area contributed by atoms with Gasteiger partial charge in [0.05, 0.1) is 4.90 Å². The number of hydrogen-bond acceptors (Lipinski definition) is 4. The largest absolute Gasteiger partial charge is 0.335 e. The molecule has 136 valence electrons. The third kappa shape index (κ3) is 3.92. The molecule has 0 bridgehead atoms. The number of anilines is 1. The average molecular weight is 372 g/mol. The van der Waals surface area contributed by atoms with Gasteiger partial charge in [-0.05, 0) is 48.4 Å². The second kappa shape index (κ2) is 7.27. The highest BCUT2D eigenvalue weighted by molar-refractivity contribution is 7.89. The number of carbonyl (C=O) groups excluding carboxylic acids is 1. The minimum absolute atomic E-state index is 0.159. The first kappa shape index (κ1) is 18.1. The molecule has 0 spiro atoms. The predicted octanol–water partition coefficient (Wildman–Crippen LogP) is 2.05. The second-order valence-electron chi connectivity index (χ2n) is 5.99. The van der Waals surface area contributed by atoms with Gasteiger partial charge in [-0.2, -0.15) is 0 Å². The first-order chi connectivity index (χ1) is 12.4. The number of sulfonamides is 1. The van der Waals surface area contributed by atoms with E-state index in [2.05, 4.69) is 15.0 Å². The number of hydrogen-bond donors (Lipinski definition) is 2. The van der Waals surface area contributed by atoms with Gasteiger partial charge in [-0.15, -0.1) is 0 Å². The molecule has 26 heavy (non-hydrogen) atoms. The Morgan fingerprint density at radius 2 is 1.92 bits per heavy atom. The van der Waals surface area contributed by atoms with E-state index in [1.807, 2.05) is 29.9 Å². The lowest BCUT2D eigenvalue weighted by atomic mass is 10.2. The van der Waals surface area contributed by atoms with Crippen LogP contribution in [0, 0.1) is 0 Å². The van der Waals surface area contributed by atoms with Gasteiger partial charge < -0.3 is 9.88 Å². The van der Waals surface area contributed by atoms with E-state index in [9.17, 15) is 13.2 Å². The summed E-state index contributed by atoms with van der Waals surface area (Å²) < 4.78 is 29.4. The van der Waals surface area contributed by atoms with Crippen LogP contribution in [-0.2, 0) is 28.3 Å². The molecule has 0 fully saturated rings. The van der Waals surface area contributed by atoms with Crippen molar-refractivity contribution in [3.05, 3.63) is 54.4 Å². The van der Waals surface area contributed by atoms with Gasteiger partial charge in [0.25, 0.3) is 0 Å². The molecule has 0 aliphatic carbocycles. The fourth-order valence-corrected chi connectivity index (χ4v) is 3.85. The molecule has 0 saturated heterocycles. The SMILES string of the molecule is CC(=O)Nc1ccc(S(=O)(=O)NCCc2cn(C)c3ncccc23)cc1. The summed E-state index contributed by atoms with van der Waals surface area (Å²) in [6, 6.07) is 9.91. The molecule has 1 aromatic carbocycles. The zero-order valence-corrected chi connectivity index (χ0v) is 15.4. The summed E-state index contributed by atoms with van der Waals surface area (Å²) >= 11 is 0. The van der Waals surface area contributed by atoms with E-state index in [4.69, 9.17) is 0 Å². The van der Waals surface area contributed by atoms with Gasteiger partial charge in [0.2, 0.25) is 15.9 Å². The van der Waals surface area contributed by atoms with Gasteiger partial charge in [-0.1, -0.05) is 0 Å². The Labute approximate surface area is 152 Å². The topological polar surface area (TPSA) is 93.1 Å². The summed E-state index contributed by atoms with van der Waals surface area (Å²) in [6.45, 7) is 1.68. The fraction of sp³-hybridized carbons (Fsp3) is 0.222. The van der Waals surface area contributed by atoms with Crippen LogP contribution in [0.25, 0.3) is 11.0 Å². The lowest BCUT2D eigenvalue weighted by molar-refractivity contribution is -0.114. The summed E-state index contributed by atoms with van der Waals surface area (Å²) in [5.74, 6) is -0.205. The van der Waals surface area contributed by atoms with Crippen LogP contribution in [0.5, 0.6) is 0 Å². The van der Waals surface area contributed by atoms with E-state index in [0.29, 0.717) is 12.1 Å². The third-order valence-electron chi connectivity index (χ3n) is 3.99. The normalized spacial score (nSPS) is 11.6. The highest BCUT2D eigenvalue weighted by Gasteiger charge is 2.14. The number of nitrogens with one attached hydrogen (secondary N) is 2. The van der Waals surface area contributed by atoms with Gasteiger partial charge in [0.1, 0.15) is 5.65 Å². The molecule has 0 aliphatic rings. The molecule has 2 aromatic heterocycles. The average Bonchev–Trinajstić information content (AvgIpc) is 2.91. The molecule has 2 N–H and O–H groups in total. The Morgan fingerprint density at radius 1 is 1.19 bits per heavy atom. The number of rotatable bonds is 6. The quantitative estimate of drug-likeness (QED) is 0.693. The van der Waals surface area contributed by atoms with Crippen molar-refractivity contribution in [2.75, 3.05) is 11.9 Å². The van der Waals surface area contributed by atoms with Crippen molar-refractivity contribution in [2.24, 2.45) is 7.05 Å². The van der Waals surface area contributed by atoms with Crippen LogP contribution in [-0.4, -0.2) is 30.4 Å². The number of aromatic nitrogens is 2. The zero-order valence-electron chi connectivity index (χ0n) is 14.6. The van der Waals surface area contributed by atoms with E-state index in [-0.39, 0.29) is 17.3 Å². The van der Waals surface area contributed by atoms with E-state index < -0.39 is 10.0 Å². The van der Waals surface area contributed by atoms with E-state index in [1.54, 1.807) is 18.3 Å². The Balaban J connectivity index is 1.67. The van der Waals surface area contributed by atoms with Gasteiger partial charge in [-0.25, -0.2) is 18.1 Å². The predicted molar refractivity (Wildman–Crippen MR) is 100 cm³/mol. The maximum absolute atomic E-state index is 12.4. The van der Waals surface area contributed by atoms with Gasteiger partial charge >= 0.3 is 0 Å². The summed E-state index contributed by atoms with van der Waals surface area (Å²) in [6.07, 6.45) is 4.26. The van der Waals surface area contributed by atoms with Gasteiger partial charge in [0, 0.05) is 44.0 Å². The molecule has 0 unspecified atom stereocenters. The van der Waals surface area contributed by atoms with Crippen LogP contribution >= 0.6 is 0 Å². The van der Waals surface area contributed by atoms with E-state index >= 15 is 0 Å². The van der Waals surface area contributed by atoms with Crippen LogP contribution in [0.4, 0.5) is 5.69 Å². The first-order valence-electron chi connectivity index (χ1n) is 8.13. The third-order valence-corrected chi connectivity index (χ3v) is 5.46. The summed E-state index contributed by atoms with van der Waals surface area (Å²) in [7, 11) is -1.69. The maximum atomic E-state index is 12.4. The van der Waals surface area contributed by atoms with Gasteiger partial charge in [0.15, 0.2) is 0 Å². The molecule has 8 heteroatoms. The molecule has 0 radical (unpaired) electrons. The van der Waals surface area contributed by atoms with Crippen molar-refractivity contribution in [3.8, 4) is 0 Å². The molecular weight excluding hydrogens is 352 g/mol. The molecule has 0 saturated carbocycles. The first-order valence-corrected chi connectivity index (χ1v) is 9.61. The van der Waals surface area contributed by atoms with Crippen molar-refractivity contribution in [3.63, 3.8) is 0 Å². The number of aryl methyl sites for hydroxylation is 1. The summed E-state index contributed by atoms with van der Waals surface area (Å²) in [4.78, 5) is 15.5. The highest BCUT2D eigenvalue weighted by Crippen LogP contribution is 2.19. The summed E-state index contributed by atoms with van der Waals surface area (Å²) in [5.41, 5.74) is 2.47. The van der Waals surface area contributed by atoms with Crippen molar-refractivity contribution in [1.82, 2.24) is 14.3 Å². The standard InChI is InChI=1S/C18H20N4O3S/c1-13(23)21-15-5-7-16(8-6-15)26(24,25)20-11-9-14-12-22(2)18-17(14)4-3-10-19-18/h3-8,10,12,20H,9,11H2,1-2H3,(H,21,23). The number of benzene rings is 1. The second-order valence-corrected chi connectivity index (χ2v) is 7.76. The Bertz CT molecular complexity index is 1040. The Hall–Kier alpha value is -2.71. The van der Waals surface area contributed by atoms with Crippen LogP contribution in [0.15, 0.2) is 53.7 Å². The molecule has 3 aromatic rings. The lowest BCUT2D eigenvalue weighted by Gasteiger charge is -2.08. The molecule has 1 amide bonds. The number of carbonyl (C=O) groups is 1. The molecule has 3 rings (SSSR count). The monoisotopic (exact) mass is 372 g/mol. The minimum Gasteiger partial charge on any atom is -0.335 e. The highest BCUT2D eigenvalue weighted by atomic mass is 32.2. The number of amides is 1. The maximum Gasteiger partial charge on any atom is 0.240 e. The Morgan fingerprint density at radius 3 is 2.62 bits per heavy atom. The molecular formula is C18H20N4O3S. The van der Waals surface area contributed by atoms with Crippen LogP contribution in [0.1, 0.15) is 12.5 Å². The van der Waals surface area contributed by atoms with Crippen LogP contribution in [0.2, 0.25) is 0 Å². The van der Waals surface area contributed by atoms with Crippen LogP contribution in [0.3, 0.4) is 0 Å². The van der Waals surface area contributed by atoms with Crippen molar-refractivity contribution >= 4 is 32.7 Å². The van der Waals surface area contributed by atoms with Crippen LogP contribution < -0.4 is 10.0 Å². The minimum atomic E-state index is -3.61. The number of nitrogens with zero attached hydrogens (tertiary/aromatic N) is 2. The van der Waals surface area contributed by atoms with E-state index in [1.165, 1.54) is 19.1 Å². The molecule has 0 atom stereocenters. The Kier molecular flexibility index (Phi) is 5.06. The number of fused-ring (bicyclic) bond motifs is 1. The zero-order chi connectivity index (χ0) is 18.7. The molecule has 0 aliphatic heterocycles. The lowest BCUT2D eigenvalue weighted by Crippen LogP contribution is -2.26. The van der Waals surface area contributed by atoms with Gasteiger partial charge in [-0.3, -0.25) is 4.79 Å². The number of pyridine rings is 1. The van der Waals surface area contributed by atoms with Crippen molar-refractivity contribution in [2.45, 2.75) is 18.2 Å². The summed E-state index contributed by atoms with van der Waals surface area (Å²) in [5, 5.41) is 3.63. The smallest absolute Gasteiger partial charge is 0.240 e. The van der Waals surface area contributed by atoms with E-state index in [0.717, 1.165) is 16.6 Å². The fourth-order valence-electron chi connectivity index (χ4n) is 2.82. The molecule has 2 heterocycles. The van der Waals surface area contributed by atoms with Crippen molar-refractivity contribution < 1.29 is 13.2 Å². The molecule has 7 nitrogen and oxygen atoms in total. The van der Waals surface area contributed by atoms with Crippen molar-refractivity contribution in [1.29, 1.82) is 0 Å².